The van der Waals surface area contributed by atoms with E-state index in [2.05, 4.69) is 76.4 Å². The van der Waals surface area contributed by atoms with E-state index in [-0.39, 0.29) is 24.0 Å². The minimum absolute atomic E-state index is 0. The molecule has 0 saturated heterocycles. The van der Waals surface area contributed by atoms with Crippen molar-refractivity contribution in [1.29, 1.82) is 0 Å². The van der Waals surface area contributed by atoms with Crippen molar-refractivity contribution in [2.45, 2.75) is 19.8 Å². The van der Waals surface area contributed by atoms with Crippen molar-refractivity contribution in [3.05, 3.63) is 84.3 Å². The molecule has 0 unspecified atom stereocenters. The van der Waals surface area contributed by atoms with E-state index in [9.17, 15) is 0 Å². The Kier molecular flexibility index (Phi) is 8.52. The van der Waals surface area contributed by atoms with Crippen LogP contribution in [0.15, 0.2) is 78.2 Å². The zero-order valence-corrected chi connectivity index (χ0v) is 20.0. The normalized spacial score (nSPS) is 11.3. The Bertz CT molecular complexity index is 1100. The van der Waals surface area contributed by atoms with Crippen LogP contribution in [0.5, 0.6) is 0 Å². The molecule has 7 heteroatoms. The van der Waals surface area contributed by atoms with Gasteiger partial charge < -0.3 is 15.6 Å². The lowest BCUT2D eigenvalue weighted by Gasteiger charge is -2.10. The van der Waals surface area contributed by atoms with Crippen LogP contribution >= 0.6 is 24.0 Å². The SMILES string of the molecule is CCNC(=NCCc1c[nH]c2ccccc12)NCCc1cnn(-c2ccccc2)c1.I. The molecule has 2 aromatic heterocycles. The highest BCUT2D eigenvalue weighted by atomic mass is 127. The summed E-state index contributed by atoms with van der Waals surface area (Å²) in [7, 11) is 0. The summed E-state index contributed by atoms with van der Waals surface area (Å²) in [5, 5.41) is 12.5. The van der Waals surface area contributed by atoms with E-state index in [0.717, 1.165) is 44.1 Å². The predicted molar refractivity (Wildman–Crippen MR) is 139 cm³/mol. The summed E-state index contributed by atoms with van der Waals surface area (Å²) in [6.07, 6.45) is 7.89. The highest BCUT2D eigenvalue weighted by Gasteiger charge is 2.04. The molecule has 0 saturated carbocycles. The second-order valence-electron chi connectivity index (χ2n) is 7.18. The average molecular weight is 528 g/mol. The molecular weight excluding hydrogens is 499 g/mol. The molecule has 0 bridgehead atoms. The topological polar surface area (TPSA) is 70.0 Å². The van der Waals surface area contributed by atoms with Crippen LogP contribution in [0.4, 0.5) is 0 Å². The number of nitrogens with zero attached hydrogens (tertiary/aromatic N) is 3. The number of halogens is 1. The largest absolute Gasteiger partial charge is 0.361 e. The molecule has 162 valence electrons. The van der Waals surface area contributed by atoms with Crippen molar-refractivity contribution >= 4 is 40.8 Å². The minimum Gasteiger partial charge on any atom is -0.361 e. The summed E-state index contributed by atoms with van der Waals surface area (Å²) < 4.78 is 1.91. The maximum Gasteiger partial charge on any atom is 0.191 e. The van der Waals surface area contributed by atoms with Crippen molar-refractivity contribution in [2.75, 3.05) is 19.6 Å². The van der Waals surface area contributed by atoms with Gasteiger partial charge in [0.2, 0.25) is 0 Å². The fraction of sp³-hybridized carbons (Fsp3) is 0.250. The summed E-state index contributed by atoms with van der Waals surface area (Å²) >= 11 is 0. The molecule has 0 aliphatic heterocycles. The van der Waals surface area contributed by atoms with Crippen LogP contribution < -0.4 is 10.6 Å². The molecule has 4 rings (SSSR count). The molecule has 0 aliphatic rings. The second-order valence-corrected chi connectivity index (χ2v) is 7.18. The highest BCUT2D eigenvalue weighted by molar-refractivity contribution is 14.0. The molecule has 0 atom stereocenters. The first kappa shape index (κ1) is 22.9. The van der Waals surface area contributed by atoms with Crippen molar-refractivity contribution in [2.24, 2.45) is 4.99 Å². The highest BCUT2D eigenvalue weighted by Crippen LogP contribution is 2.17. The number of rotatable bonds is 8. The third-order valence-corrected chi connectivity index (χ3v) is 5.03. The van der Waals surface area contributed by atoms with Gasteiger partial charge >= 0.3 is 0 Å². The maximum atomic E-state index is 4.74. The summed E-state index contributed by atoms with van der Waals surface area (Å²) in [6, 6.07) is 18.6. The number of aliphatic imine (C=N–C) groups is 1. The molecule has 0 spiro atoms. The quantitative estimate of drug-likeness (QED) is 0.181. The first-order chi connectivity index (χ1) is 14.8. The molecule has 0 radical (unpaired) electrons. The molecule has 6 nitrogen and oxygen atoms in total. The first-order valence-corrected chi connectivity index (χ1v) is 10.5. The van der Waals surface area contributed by atoms with Gasteiger partial charge in [0.15, 0.2) is 5.96 Å². The van der Waals surface area contributed by atoms with E-state index < -0.39 is 0 Å². The number of hydrogen-bond acceptors (Lipinski definition) is 2. The smallest absolute Gasteiger partial charge is 0.191 e. The molecule has 2 heterocycles. The Morgan fingerprint density at radius 2 is 1.84 bits per heavy atom. The third kappa shape index (κ3) is 6.10. The van der Waals surface area contributed by atoms with E-state index in [1.807, 2.05) is 29.1 Å². The number of H-pyrrole nitrogens is 1. The number of aromatic nitrogens is 3. The number of guanidine groups is 1. The lowest BCUT2D eigenvalue weighted by molar-refractivity contribution is 0.797. The average Bonchev–Trinajstić information content (AvgIpc) is 3.42. The van der Waals surface area contributed by atoms with E-state index in [1.165, 1.54) is 22.0 Å². The van der Waals surface area contributed by atoms with Crippen LogP contribution in [0.25, 0.3) is 16.6 Å². The van der Waals surface area contributed by atoms with Crippen molar-refractivity contribution < 1.29 is 0 Å². The summed E-state index contributed by atoms with van der Waals surface area (Å²) in [4.78, 5) is 8.07. The van der Waals surface area contributed by atoms with Crippen LogP contribution in [0, 0.1) is 0 Å². The first-order valence-electron chi connectivity index (χ1n) is 10.5. The molecule has 3 N–H and O–H groups in total. The van der Waals surface area contributed by atoms with Crippen LogP contribution in [0.2, 0.25) is 0 Å². The van der Waals surface area contributed by atoms with Crippen molar-refractivity contribution in [3.63, 3.8) is 0 Å². The maximum absolute atomic E-state index is 4.74. The van der Waals surface area contributed by atoms with Crippen LogP contribution in [0.1, 0.15) is 18.1 Å². The molecule has 2 aromatic carbocycles. The monoisotopic (exact) mass is 528 g/mol. The number of para-hydroxylation sites is 2. The number of aromatic amines is 1. The lowest BCUT2D eigenvalue weighted by Crippen LogP contribution is -2.38. The van der Waals surface area contributed by atoms with Crippen LogP contribution in [-0.2, 0) is 12.8 Å². The van der Waals surface area contributed by atoms with Gasteiger partial charge in [-0.05, 0) is 49.1 Å². The molecule has 0 amide bonds. The fourth-order valence-corrected chi connectivity index (χ4v) is 3.50. The molecule has 4 aromatic rings. The van der Waals surface area contributed by atoms with Gasteiger partial charge in [-0.1, -0.05) is 36.4 Å². The van der Waals surface area contributed by atoms with Gasteiger partial charge in [0.1, 0.15) is 0 Å². The standard InChI is InChI=1S/C24H28N6.HI/c1-2-25-24(27-15-13-20-17-28-23-11-7-6-10-22(20)23)26-14-12-19-16-29-30(18-19)21-8-4-3-5-9-21;/h3-11,16-18,28H,2,12-15H2,1H3,(H2,25,26,27);1H. The van der Waals surface area contributed by atoms with Crippen molar-refractivity contribution in [3.8, 4) is 5.69 Å². The number of hydrogen-bond donors (Lipinski definition) is 3. The fourth-order valence-electron chi connectivity index (χ4n) is 3.50. The van der Waals surface area contributed by atoms with Crippen LogP contribution in [0.3, 0.4) is 0 Å². The zero-order chi connectivity index (χ0) is 20.6. The molecular formula is C24H29IN6. The van der Waals surface area contributed by atoms with Gasteiger partial charge in [0.05, 0.1) is 11.9 Å². The van der Waals surface area contributed by atoms with E-state index in [4.69, 9.17) is 4.99 Å². The summed E-state index contributed by atoms with van der Waals surface area (Å²) in [6.45, 7) is 4.47. The Morgan fingerprint density at radius 3 is 2.68 bits per heavy atom. The Hall–Kier alpha value is -2.81. The molecule has 0 aliphatic carbocycles. The Morgan fingerprint density at radius 1 is 1.03 bits per heavy atom. The number of benzene rings is 2. The van der Waals surface area contributed by atoms with Gasteiger partial charge in [-0.15, -0.1) is 24.0 Å². The van der Waals surface area contributed by atoms with Gasteiger partial charge in [-0.25, -0.2) is 4.68 Å². The Balaban J connectivity index is 0.00000272. The van der Waals surface area contributed by atoms with Crippen LogP contribution in [-0.4, -0.2) is 40.4 Å². The van der Waals surface area contributed by atoms with Gasteiger partial charge in [-0.2, -0.15) is 5.10 Å². The lowest BCUT2D eigenvalue weighted by atomic mass is 10.1. The molecule has 31 heavy (non-hydrogen) atoms. The zero-order valence-electron chi connectivity index (χ0n) is 17.7. The number of fused-ring (bicyclic) bond motifs is 1. The third-order valence-electron chi connectivity index (χ3n) is 5.03. The van der Waals surface area contributed by atoms with E-state index in [0.29, 0.717) is 0 Å². The van der Waals surface area contributed by atoms with Gasteiger partial charge in [0.25, 0.3) is 0 Å². The number of nitrogens with one attached hydrogen (secondary N) is 3. The van der Waals surface area contributed by atoms with Gasteiger partial charge in [-0.3, -0.25) is 4.99 Å². The summed E-state index contributed by atoms with van der Waals surface area (Å²) in [5.41, 5.74) is 4.75. The van der Waals surface area contributed by atoms with E-state index in [1.54, 1.807) is 0 Å². The Labute approximate surface area is 200 Å². The van der Waals surface area contributed by atoms with E-state index >= 15 is 0 Å². The predicted octanol–water partition coefficient (Wildman–Crippen LogP) is 4.31. The second kappa shape index (κ2) is 11.5. The summed E-state index contributed by atoms with van der Waals surface area (Å²) in [5.74, 6) is 0.854. The minimum atomic E-state index is 0. The van der Waals surface area contributed by atoms with Crippen molar-refractivity contribution in [1.82, 2.24) is 25.4 Å². The van der Waals surface area contributed by atoms with Gasteiger partial charge in [0, 0.05) is 42.9 Å². The molecule has 0 fully saturated rings.